The monoisotopic (exact) mass is 330 g/mol. The lowest BCUT2D eigenvalue weighted by atomic mass is 9.87. The summed E-state index contributed by atoms with van der Waals surface area (Å²) in [6.45, 7) is 6.22. The Bertz CT molecular complexity index is 590. The van der Waals surface area contributed by atoms with E-state index in [1.165, 1.54) is 11.1 Å². The van der Waals surface area contributed by atoms with Crippen molar-refractivity contribution in [3.63, 3.8) is 0 Å². The number of hydrogen-bond donors (Lipinski definition) is 1. The van der Waals surface area contributed by atoms with Crippen molar-refractivity contribution >= 4 is 11.8 Å². The fraction of sp³-hybridized carbons (Fsp3) is 0.600. The fourth-order valence-corrected chi connectivity index (χ4v) is 3.19. The fourth-order valence-electron chi connectivity index (χ4n) is 3.19. The number of rotatable bonds is 5. The molecule has 1 atom stereocenters. The number of amides is 2. The summed E-state index contributed by atoms with van der Waals surface area (Å²) < 4.78 is 0. The second-order valence-electron chi connectivity index (χ2n) is 7.72. The van der Waals surface area contributed by atoms with Crippen molar-refractivity contribution in [2.24, 2.45) is 5.41 Å². The zero-order valence-electron chi connectivity index (χ0n) is 15.4. The van der Waals surface area contributed by atoms with Gasteiger partial charge in [0.25, 0.3) is 0 Å². The summed E-state index contributed by atoms with van der Waals surface area (Å²) in [5, 5.41) is 2.90. The number of nitrogens with one attached hydrogen (secondary N) is 1. The van der Waals surface area contributed by atoms with Crippen LogP contribution in [0.2, 0.25) is 0 Å². The summed E-state index contributed by atoms with van der Waals surface area (Å²) in [6, 6.07) is 8.62. The minimum absolute atomic E-state index is 0.0320. The van der Waals surface area contributed by atoms with Gasteiger partial charge in [-0.15, -0.1) is 0 Å². The van der Waals surface area contributed by atoms with E-state index in [4.69, 9.17) is 0 Å². The van der Waals surface area contributed by atoms with Crippen LogP contribution in [0.3, 0.4) is 0 Å². The zero-order chi connectivity index (χ0) is 17.7. The third kappa shape index (κ3) is 4.59. The third-order valence-corrected chi connectivity index (χ3v) is 4.73. The predicted octanol–water partition coefficient (Wildman–Crippen LogP) is 3.46. The summed E-state index contributed by atoms with van der Waals surface area (Å²) in [4.78, 5) is 26.2. The van der Waals surface area contributed by atoms with Gasteiger partial charge in [0.15, 0.2) is 0 Å². The number of hydrogen-bond acceptors (Lipinski definition) is 2. The molecule has 1 aliphatic carbocycles. The molecule has 132 valence electrons. The predicted molar refractivity (Wildman–Crippen MR) is 96.6 cm³/mol. The molecule has 0 bridgehead atoms. The Morgan fingerprint density at radius 3 is 2.67 bits per heavy atom. The van der Waals surface area contributed by atoms with Crippen molar-refractivity contribution < 1.29 is 9.59 Å². The first-order valence-electron chi connectivity index (χ1n) is 8.92. The van der Waals surface area contributed by atoms with Crippen LogP contribution >= 0.6 is 0 Å². The summed E-state index contributed by atoms with van der Waals surface area (Å²) in [6.07, 6.45) is 4.41. The number of aryl methyl sites for hydroxylation is 1. The van der Waals surface area contributed by atoms with Crippen molar-refractivity contribution in [1.82, 2.24) is 10.2 Å². The Morgan fingerprint density at radius 1 is 1.25 bits per heavy atom. The van der Waals surface area contributed by atoms with E-state index in [-0.39, 0.29) is 23.3 Å². The molecule has 2 rings (SSSR count). The molecule has 0 aliphatic heterocycles. The lowest BCUT2D eigenvalue weighted by molar-refractivity contribution is -0.133. The van der Waals surface area contributed by atoms with Crippen LogP contribution in [0.4, 0.5) is 0 Å². The maximum atomic E-state index is 12.5. The van der Waals surface area contributed by atoms with Gasteiger partial charge in [0.05, 0.1) is 6.04 Å². The van der Waals surface area contributed by atoms with Crippen LogP contribution in [0.25, 0.3) is 0 Å². The average Bonchev–Trinajstić information content (AvgIpc) is 2.56. The molecule has 0 heterocycles. The molecule has 0 radical (unpaired) electrons. The van der Waals surface area contributed by atoms with Gasteiger partial charge in [0, 0.05) is 25.4 Å². The van der Waals surface area contributed by atoms with Gasteiger partial charge in [-0.3, -0.25) is 9.59 Å². The first-order chi connectivity index (χ1) is 11.3. The number of carbonyl (C=O) groups is 2. The zero-order valence-corrected chi connectivity index (χ0v) is 15.4. The molecule has 0 aromatic heterocycles. The lowest BCUT2D eigenvalue weighted by Crippen LogP contribution is -2.36. The van der Waals surface area contributed by atoms with Crippen LogP contribution < -0.4 is 5.32 Å². The first-order valence-corrected chi connectivity index (χ1v) is 8.92. The Balaban J connectivity index is 1.84. The molecule has 0 saturated heterocycles. The molecule has 1 N–H and O–H groups in total. The lowest BCUT2D eigenvalue weighted by Gasteiger charge is -2.33. The normalized spacial score (nSPS) is 17.1. The van der Waals surface area contributed by atoms with Crippen LogP contribution in [0, 0.1) is 5.41 Å². The maximum Gasteiger partial charge on any atom is 0.225 e. The quantitative estimate of drug-likeness (QED) is 0.841. The Hall–Kier alpha value is -1.84. The van der Waals surface area contributed by atoms with Gasteiger partial charge in [0.1, 0.15) is 0 Å². The highest BCUT2D eigenvalue weighted by Crippen LogP contribution is 2.33. The average molecular weight is 330 g/mol. The summed E-state index contributed by atoms with van der Waals surface area (Å²) >= 11 is 0. The number of benzene rings is 1. The first kappa shape index (κ1) is 18.5. The number of fused-ring (bicyclic) bond motifs is 1. The van der Waals surface area contributed by atoms with Gasteiger partial charge >= 0.3 is 0 Å². The van der Waals surface area contributed by atoms with Gasteiger partial charge in [-0.25, -0.2) is 0 Å². The van der Waals surface area contributed by atoms with E-state index < -0.39 is 0 Å². The van der Waals surface area contributed by atoms with Gasteiger partial charge in [-0.05, 0) is 36.8 Å². The van der Waals surface area contributed by atoms with Crippen LogP contribution in [0.1, 0.15) is 63.6 Å². The SMILES string of the molecule is CN(C(=O)CCCNC(=O)C(C)(C)C)[C@H]1CCCc2ccccc21. The van der Waals surface area contributed by atoms with Crippen LogP contribution in [0.5, 0.6) is 0 Å². The molecule has 4 heteroatoms. The molecule has 0 unspecified atom stereocenters. The molecular formula is C20H30N2O2. The second-order valence-corrected chi connectivity index (χ2v) is 7.72. The van der Waals surface area contributed by atoms with E-state index >= 15 is 0 Å². The topological polar surface area (TPSA) is 49.4 Å². The van der Waals surface area contributed by atoms with Crippen molar-refractivity contribution in [3.05, 3.63) is 35.4 Å². The van der Waals surface area contributed by atoms with Crippen LogP contribution in [-0.4, -0.2) is 30.3 Å². The van der Waals surface area contributed by atoms with Gasteiger partial charge in [-0.1, -0.05) is 45.0 Å². The summed E-state index contributed by atoms with van der Waals surface area (Å²) in [5.41, 5.74) is 2.28. The van der Waals surface area contributed by atoms with E-state index in [0.717, 1.165) is 19.3 Å². The van der Waals surface area contributed by atoms with E-state index in [1.807, 2.05) is 32.7 Å². The minimum Gasteiger partial charge on any atom is -0.356 e. The third-order valence-electron chi connectivity index (χ3n) is 4.73. The van der Waals surface area contributed by atoms with E-state index in [1.54, 1.807) is 0 Å². The molecular weight excluding hydrogens is 300 g/mol. The van der Waals surface area contributed by atoms with Crippen molar-refractivity contribution in [1.29, 1.82) is 0 Å². The largest absolute Gasteiger partial charge is 0.356 e. The highest BCUT2D eigenvalue weighted by Gasteiger charge is 2.26. The van der Waals surface area contributed by atoms with E-state index in [2.05, 4.69) is 29.6 Å². The molecule has 0 fully saturated rings. The summed E-state index contributed by atoms with van der Waals surface area (Å²) in [7, 11) is 1.91. The molecule has 24 heavy (non-hydrogen) atoms. The van der Waals surface area contributed by atoms with E-state index in [0.29, 0.717) is 19.4 Å². The minimum atomic E-state index is -0.382. The highest BCUT2D eigenvalue weighted by molar-refractivity contribution is 5.81. The van der Waals surface area contributed by atoms with Gasteiger partial charge < -0.3 is 10.2 Å². The van der Waals surface area contributed by atoms with Crippen molar-refractivity contribution in [2.45, 2.75) is 58.9 Å². The molecule has 4 nitrogen and oxygen atoms in total. The Kier molecular flexibility index (Phi) is 6.03. The second kappa shape index (κ2) is 7.82. The maximum absolute atomic E-state index is 12.5. The number of nitrogens with zero attached hydrogens (tertiary/aromatic N) is 1. The van der Waals surface area contributed by atoms with Gasteiger partial charge in [-0.2, -0.15) is 0 Å². The van der Waals surface area contributed by atoms with Crippen LogP contribution in [-0.2, 0) is 16.0 Å². The van der Waals surface area contributed by atoms with Crippen molar-refractivity contribution in [2.75, 3.05) is 13.6 Å². The highest BCUT2D eigenvalue weighted by atomic mass is 16.2. The molecule has 1 aliphatic rings. The van der Waals surface area contributed by atoms with E-state index in [9.17, 15) is 9.59 Å². The smallest absolute Gasteiger partial charge is 0.225 e. The molecule has 0 saturated carbocycles. The Labute approximate surface area is 145 Å². The van der Waals surface area contributed by atoms with Crippen molar-refractivity contribution in [3.8, 4) is 0 Å². The molecule has 1 aromatic rings. The molecule has 2 amide bonds. The molecule has 0 spiro atoms. The summed E-state index contributed by atoms with van der Waals surface area (Å²) in [5.74, 6) is 0.186. The molecule has 1 aromatic carbocycles. The van der Waals surface area contributed by atoms with Gasteiger partial charge in [0.2, 0.25) is 11.8 Å². The van der Waals surface area contributed by atoms with Crippen LogP contribution in [0.15, 0.2) is 24.3 Å². The number of carbonyl (C=O) groups excluding carboxylic acids is 2. The standard InChI is InChI=1S/C20H30N2O2/c1-20(2,3)19(24)21-14-8-13-18(23)22(4)17-12-7-10-15-9-5-6-11-16(15)17/h5-6,9,11,17H,7-8,10,12-14H2,1-4H3,(H,21,24)/t17-/m0/s1. The Morgan fingerprint density at radius 2 is 1.96 bits per heavy atom.